The van der Waals surface area contributed by atoms with Crippen LogP contribution in [0.5, 0.6) is 5.75 Å². The van der Waals surface area contributed by atoms with Gasteiger partial charge in [-0.1, -0.05) is 33.0 Å². The van der Waals surface area contributed by atoms with Crippen molar-refractivity contribution in [1.29, 1.82) is 0 Å². The molecule has 238 valence electrons. The topological polar surface area (TPSA) is 105 Å². The molecule has 0 radical (unpaired) electrons. The van der Waals surface area contributed by atoms with Crippen LogP contribution in [0.25, 0.3) is 10.9 Å². The first-order chi connectivity index (χ1) is 22.4. The zero-order valence-corrected chi connectivity index (χ0v) is 28.8. The van der Waals surface area contributed by atoms with E-state index in [1.807, 2.05) is 30.5 Å². The van der Waals surface area contributed by atoms with Crippen molar-refractivity contribution in [3.8, 4) is 5.75 Å². The van der Waals surface area contributed by atoms with Gasteiger partial charge in [0.15, 0.2) is 0 Å². The summed E-state index contributed by atoms with van der Waals surface area (Å²) in [7, 11) is 1.25. The Morgan fingerprint density at radius 1 is 1.07 bits per heavy atom. The van der Waals surface area contributed by atoms with E-state index in [4.69, 9.17) is 14.5 Å². The lowest BCUT2D eigenvalue weighted by molar-refractivity contribution is 0.134. The van der Waals surface area contributed by atoms with Crippen molar-refractivity contribution in [2.24, 2.45) is 0 Å². The molecule has 2 aliphatic heterocycles. The van der Waals surface area contributed by atoms with Crippen molar-refractivity contribution in [2.45, 2.75) is 32.2 Å². The van der Waals surface area contributed by atoms with Crippen molar-refractivity contribution in [3.05, 3.63) is 83.4 Å². The number of rotatable bonds is 9. The van der Waals surface area contributed by atoms with E-state index >= 15 is 0 Å². The lowest BCUT2D eigenvalue weighted by Gasteiger charge is -2.38. The number of nitrogens with one attached hydrogen (secondary N) is 2. The zero-order chi connectivity index (χ0) is 32.2. The Morgan fingerprint density at radius 3 is 2.63 bits per heavy atom. The molecule has 0 atom stereocenters. The van der Waals surface area contributed by atoms with Crippen LogP contribution in [-0.4, -0.2) is 65.5 Å². The molecule has 0 bridgehead atoms. The van der Waals surface area contributed by atoms with Crippen molar-refractivity contribution in [1.82, 2.24) is 19.9 Å². The van der Waals surface area contributed by atoms with E-state index in [0.29, 0.717) is 17.5 Å². The minimum atomic E-state index is -0.426. The molecular weight excluding hydrogens is 665 g/mol. The number of anilines is 5. The molecule has 2 aromatic heterocycles. The first-order valence-electron chi connectivity index (χ1n) is 15.3. The number of hydrogen-bond acceptors (Lipinski definition) is 9. The average Bonchev–Trinajstić information content (AvgIpc) is 3.29. The Balaban J connectivity index is 1.22. The lowest BCUT2D eigenvalue weighted by Crippen LogP contribution is -2.45. The van der Waals surface area contributed by atoms with Crippen LogP contribution in [0.3, 0.4) is 0 Å². The van der Waals surface area contributed by atoms with Crippen LogP contribution in [-0.2, 0) is 11.2 Å². The number of para-hydroxylation sites is 1. The number of piperidine rings is 1. The number of allylic oxidation sites excluding steroid dienone is 2. The highest BCUT2D eigenvalue weighted by molar-refractivity contribution is 9.10. The number of nitrogens with zero attached hydrogens (tertiary/aromatic N) is 5. The Kier molecular flexibility index (Phi) is 9.70. The van der Waals surface area contributed by atoms with Crippen molar-refractivity contribution >= 4 is 75.0 Å². The highest BCUT2D eigenvalue weighted by atomic mass is 79.9. The molecule has 0 unspecified atom stereocenters. The first-order valence-corrected chi connectivity index (χ1v) is 18.3. The molecule has 4 heterocycles. The number of carbonyl (C=O) groups excluding carboxylic acids is 1. The smallest absolute Gasteiger partial charge is 0.418 e. The Morgan fingerprint density at radius 2 is 1.87 bits per heavy atom. The lowest BCUT2D eigenvalue weighted by atomic mass is 10.0. The maximum Gasteiger partial charge on any atom is 0.418 e. The number of amides is 1. The molecule has 2 N–H and O–H groups in total. The second-order valence-electron chi connectivity index (χ2n) is 11.3. The fourth-order valence-corrected chi connectivity index (χ4v) is 7.54. The number of cyclic esters (lactones) is 1. The largest absolute Gasteiger partial charge is 0.494 e. The van der Waals surface area contributed by atoms with Crippen LogP contribution in [0.1, 0.15) is 25.3 Å². The molecule has 0 aliphatic carbocycles. The van der Waals surface area contributed by atoms with Gasteiger partial charge in [0.05, 0.1) is 40.9 Å². The van der Waals surface area contributed by atoms with E-state index in [9.17, 15) is 4.79 Å². The van der Waals surface area contributed by atoms with Crippen LogP contribution in [0.15, 0.2) is 77.9 Å². The van der Waals surface area contributed by atoms with Gasteiger partial charge in [-0.05, 0) is 78.4 Å². The Labute approximate surface area is 278 Å². The van der Waals surface area contributed by atoms with E-state index in [2.05, 4.69) is 79.9 Å². The fourth-order valence-electron chi connectivity index (χ4n) is 5.98. The molecule has 2 aromatic carbocycles. The van der Waals surface area contributed by atoms with Crippen LogP contribution in [0.2, 0.25) is 0 Å². The van der Waals surface area contributed by atoms with E-state index in [1.54, 1.807) is 30.5 Å². The minimum Gasteiger partial charge on any atom is -0.494 e. The molecule has 6 rings (SSSR count). The number of halogens is 1. The Hall–Kier alpha value is -4.21. The van der Waals surface area contributed by atoms with Gasteiger partial charge in [-0.25, -0.2) is 9.78 Å². The summed E-state index contributed by atoms with van der Waals surface area (Å²) < 4.78 is 11.8. The van der Waals surface area contributed by atoms with Gasteiger partial charge in [-0.15, -0.1) is 0 Å². The van der Waals surface area contributed by atoms with Crippen LogP contribution < -0.4 is 25.6 Å². The van der Waals surface area contributed by atoms with E-state index in [1.165, 1.54) is 17.1 Å². The number of methoxy groups -OCH3 is 1. The third kappa shape index (κ3) is 6.66. The summed E-state index contributed by atoms with van der Waals surface area (Å²) in [6.45, 7) is 8.26. The molecule has 12 heteroatoms. The third-order valence-corrected chi connectivity index (χ3v) is 10.2. The fraction of sp³-hybridized carbons (Fsp3) is 0.294. The zero-order valence-electron chi connectivity index (χ0n) is 26.3. The molecule has 1 fully saturated rings. The highest BCUT2D eigenvalue weighted by Gasteiger charge is 2.29. The maximum atomic E-state index is 12.4. The number of ether oxygens (including phenoxy) is 2. The molecule has 46 heavy (non-hydrogen) atoms. The molecule has 1 saturated heterocycles. The average molecular weight is 703 g/mol. The monoisotopic (exact) mass is 701 g/mol. The third-order valence-electron chi connectivity index (χ3n) is 8.23. The summed E-state index contributed by atoms with van der Waals surface area (Å²) in [5.74, 6) is 1.78. The summed E-state index contributed by atoms with van der Waals surface area (Å²) in [5, 5.41) is 9.30. The summed E-state index contributed by atoms with van der Waals surface area (Å²) in [5.41, 5.74) is 5.01. The predicted octanol–water partition coefficient (Wildman–Crippen LogP) is 7.66. The molecule has 1 amide bonds. The van der Waals surface area contributed by atoms with E-state index in [0.717, 1.165) is 64.8 Å². The normalized spacial score (nSPS) is 15.3. The van der Waals surface area contributed by atoms with Crippen molar-refractivity contribution in [2.75, 3.05) is 49.1 Å². The number of hydrogen-bond donors (Lipinski definition) is 2. The molecule has 0 spiro atoms. The van der Waals surface area contributed by atoms with Gasteiger partial charge < -0.3 is 25.0 Å². The second-order valence-corrected chi connectivity index (χ2v) is 14.4. The number of carbonyl (C=O) groups is 1. The summed E-state index contributed by atoms with van der Waals surface area (Å²) in [6, 6.07) is 12.5. The van der Waals surface area contributed by atoms with Crippen molar-refractivity contribution < 1.29 is 14.3 Å². The number of pyridine rings is 1. The predicted molar refractivity (Wildman–Crippen MR) is 191 cm³/mol. The van der Waals surface area contributed by atoms with Gasteiger partial charge >= 0.3 is 6.09 Å². The standard InChI is InChI=1S/C34H37BrN7O3P/c1-5-22-18-27(30(44-2)19-29(22)41-15-12-23(13-16-41)42-14-8-9-17-45-34(42)43)39-33-37-20-25(35)32(40-33)38-28-21-36-26-11-7-6-10-24(26)31(28)46(3)4/h6-11,14,17-21,23H,5,12-13,15-16H2,1-4H3,(H2,37,38,39,40). The first kappa shape index (κ1) is 31.8. The van der Waals surface area contributed by atoms with Gasteiger partial charge in [0.2, 0.25) is 5.95 Å². The quantitative estimate of drug-likeness (QED) is 0.170. The number of aromatic nitrogens is 3. The van der Waals surface area contributed by atoms with Crippen LogP contribution >= 0.6 is 23.9 Å². The Bertz CT molecular complexity index is 1810. The molecule has 4 aromatic rings. The van der Waals surface area contributed by atoms with Crippen molar-refractivity contribution in [3.63, 3.8) is 0 Å². The number of aryl methyl sites for hydroxylation is 1. The van der Waals surface area contributed by atoms with Crippen LogP contribution in [0.4, 0.5) is 33.6 Å². The summed E-state index contributed by atoms with van der Waals surface area (Å²) in [6.07, 6.45) is 12.6. The van der Waals surface area contributed by atoms with Crippen LogP contribution in [0, 0.1) is 0 Å². The molecular formula is C34H37BrN7O3P. The summed E-state index contributed by atoms with van der Waals surface area (Å²) in [4.78, 5) is 30.6. The van der Waals surface area contributed by atoms with Gasteiger partial charge in [0, 0.05) is 54.0 Å². The van der Waals surface area contributed by atoms with Gasteiger partial charge in [-0.2, -0.15) is 4.98 Å². The van der Waals surface area contributed by atoms with Gasteiger partial charge in [-0.3, -0.25) is 9.88 Å². The number of fused-ring (bicyclic) bond motifs is 1. The molecule has 10 nitrogen and oxygen atoms in total. The van der Waals surface area contributed by atoms with E-state index in [-0.39, 0.29) is 12.1 Å². The molecule has 2 aliphatic rings. The maximum absolute atomic E-state index is 12.4. The molecule has 0 saturated carbocycles. The second kappa shape index (κ2) is 14.1. The summed E-state index contributed by atoms with van der Waals surface area (Å²) >= 11 is 3.63. The van der Waals surface area contributed by atoms with E-state index < -0.39 is 7.92 Å². The highest BCUT2D eigenvalue weighted by Crippen LogP contribution is 2.38. The van der Waals surface area contributed by atoms with Gasteiger partial charge in [0.1, 0.15) is 11.6 Å². The minimum absolute atomic E-state index is 0.0910. The number of benzene rings is 2. The van der Waals surface area contributed by atoms with Gasteiger partial charge in [0.25, 0.3) is 0 Å². The SMILES string of the molecule is CCc1cc(Nc2ncc(Br)c(Nc3cnc4ccccc4c3P(C)C)n2)c(OC)cc1N1CCC(N2C=CC=COC2=O)CC1.